The summed E-state index contributed by atoms with van der Waals surface area (Å²) in [5, 5.41) is 0. The molecule has 0 amide bonds. The van der Waals surface area contributed by atoms with Gasteiger partial charge in [-0.3, -0.25) is 0 Å². The molecule has 0 saturated carbocycles. The SMILES string of the molecule is COc1ccc(N(c2ccc(C)cc2)c2ccc(-c3ccc(N(c4ccc(C)cc4)c4ccc(-c5ccc(N(c6ccc(OC)cc6)c6ccc(-c7ccc(N(c8ccc(C)cc8)c8ccc(OC)cc8)cc7)cc6)cc5)cc4)cc3)cc2)cc1. The van der Waals surface area contributed by atoms with E-state index in [1.54, 1.807) is 21.3 Å². The standard InChI is InChI=1S/C78H66N4O3/c1-55-7-25-64(26-8-55)79(67-31-13-58(14-32-67)60-17-35-69(36-18-60)80(65-27-9-56(2)10-28-65)73-43-49-76(83-4)50-44-73)68-33-15-59(16-34-68)62-21-39-71(40-22-62)82(75-47-53-78(85-6)54-48-75)72-41-23-63(24-42-72)61-19-37-70(38-20-61)81(66-29-11-57(3)12-30-66)74-45-51-77(84-5)52-46-74/h7-54H,1-6H3. The van der Waals surface area contributed by atoms with E-state index in [1.807, 2.05) is 36.4 Å². The number of nitrogens with zero attached hydrogens (tertiary/aromatic N) is 4. The average Bonchev–Trinajstić information content (AvgIpc) is 3.75. The Bertz CT molecular complexity index is 4120. The van der Waals surface area contributed by atoms with Crippen LogP contribution in [0.4, 0.5) is 68.2 Å². The van der Waals surface area contributed by atoms with Gasteiger partial charge in [0.1, 0.15) is 17.2 Å². The number of rotatable bonds is 18. The van der Waals surface area contributed by atoms with Crippen molar-refractivity contribution in [3.05, 3.63) is 308 Å². The molecule has 85 heavy (non-hydrogen) atoms. The predicted molar refractivity (Wildman–Crippen MR) is 355 cm³/mol. The lowest BCUT2D eigenvalue weighted by atomic mass is 10.0. The summed E-state index contributed by atoms with van der Waals surface area (Å²) in [6.07, 6.45) is 0. The molecule has 7 nitrogen and oxygen atoms in total. The average molecular weight is 1110 g/mol. The summed E-state index contributed by atoms with van der Waals surface area (Å²) in [6.45, 7) is 6.36. The largest absolute Gasteiger partial charge is 0.497 e. The highest BCUT2D eigenvalue weighted by atomic mass is 16.5. The molecule has 0 fully saturated rings. The lowest BCUT2D eigenvalue weighted by Gasteiger charge is -2.27. The molecular formula is C78H66N4O3. The third kappa shape index (κ3) is 12.1. The van der Waals surface area contributed by atoms with Gasteiger partial charge in [-0.2, -0.15) is 0 Å². The van der Waals surface area contributed by atoms with Crippen molar-refractivity contribution in [3.8, 4) is 50.6 Å². The van der Waals surface area contributed by atoms with Crippen molar-refractivity contribution in [1.82, 2.24) is 0 Å². The summed E-state index contributed by atoms with van der Waals surface area (Å²) in [6, 6.07) is 104. The van der Waals surface area contributed by atoms with Crippen LogP contribution in [0.3, 0.4) is 0 Å². The first-order valence-electron chi connectivity index (χ1n) is 28.6. The fraction of sp³-hybridized carbons (Fsp3) is 0.0769. The van der Waals surface area contributed by atoms with Gasteiger partial charge >= 0.3 is 0 Å². The number of hydrogen-bond donors (Lipinski definition) is 0. The highest BCUT2D eigenvalue weighted by Gasteiger charge is 2.19. The van der Waals surface area contributed by atoms with Gasteiger partial charge in [0.15, 0.2) is 0 Å². The van der Waals surface area contributed by atoms with Crippen molar-refractivity contribution in [2.45, 2.75) is 20.8 Å². The zero-order chi connectivity index (χ0) is 58.2. The summed E-state index contributed by atoms with van der Waals surface area (Å²) in [4.78, 5) is 9.16. The molecule has 12 aromatic rings. The van der Waals surface area contributed by atoms with E-state index < -0.39 is 0 Å². The lowest BCUT2D eigenvalue weighted by molar-refractivity contribution is 0.414. The zero-order valence-electron chi connectivity index (χ0n) is 48.7. The van der Waals surface area contributed by atoms with Crippen LogP contribution in [0, 0.1) is 20.8 Å². The van der Waals surface area contributed by atoms with Crippen molar-refractivity contribution < 1.29 is 14.2 Å². The van der Waals surface area contributed by atoms with E-state index in [9.17, 15) is 0 Å². The van der Waals surface area contributed by atoms with Gasteiger partial charge in [0.2, 0.25) is 0 Å². The second-order valence-corrected chi connectivity index (χ2v) is 21.2. The van der Waals surface area contributed by atoms with Crippen LogP contribution in [-0.2, 0) is 0 Å². The fourth-order valence-electron chi connectivity index (χ4n) is 10.9. The molecule has 12 aromatic carbocycles. The smallest absolute Gasteiger partial charge is 0.119 e. The molecule has 0 aliphatic heterocycles. The monoisotopic (exact) mass is 1110 g/mol. The van der Waals surface area contributed by atoms with Crippen molar-refractivity contribution in [3.63, 3.8) is 0 Å². The molecule has 7 heteroatoms. The molecular weight excluding hydrogens is 1040 g/mol. The molecule has 0 unspecified atom stereocenters. The van der Waals surface area contributed by atoms with Crippen LogP contribution in [0.15, 0.2) is 291 Å². The maximum absolute atomic E-state index is 5.58. The Kier molecular flexibility index (Phi) is 16.0. The molecule has 0 heterocycles. The lowest BCUT2D eigenvalue weighted by Crippen LogP contribution is -2.10. The number of aryl methyl sites for hydroxylation is 3. The number of benzene rings is 12. The van der Waals surface area contributed by atoms with Gasteiger partial charge in [-0.15, -0.1) is 0 Å². The molecule has 0 atom stereocenters. The maximum atomic E-state index is 5.58. The normalized spacial score (nSPS) is 10.9. The molecule has 0 bridgehead atoms. The summed E-state index contributed by atoms with van der Waals surface area (Å²) in [5.41, 5.74) is 23.2. The van der Waals surface area contributed by atoms with Gasteiger partial charge in [0, 0.05) is 68.2 Å². The Morgan fingerprint density at radius 1 is 0.165 bits per heavy atom. The van der Waals surface area contributed by atoms with Crippen LogP contribution in [0.25, 0.3) is 33.4 Å². The van der Waals surface area contributed by atoms with Crippen LogP contribution < -0.4 is 33.8 Å². The minimum atomic E-state index is 0.807. The second-order valence-electron chi connectivity index (χ2n) is 21.2. The van der Waals surface area contributed by atoms with Crippen molar-refractivity contribution in [2.75, 3.05) is 40.9 Å². The van der Waals surface area contributed by atoms with Crippen molar-refractivity contribution in [2.24, 2.45) is 0 Å². The summed E-state index contributed by atoms with van der Waals surface area (Å²) in [7, 11) is 5.09. The molecule has 0 aliphatic carbocycles. The van der Waals surface area contributed by atoms with Gasteiger partial charge in [-0.1, -0.05) is 126 Å². The third-order valence-electron chi connectivity index (χ3n) is 15.6. The molecule has 0 spiro atoms. The van der Waals surface area contributed by atoms with E-state index in [0.717, 1.165) is 119 Å². The van der Waals surface area contributed by atoms with E-state index in [-0.39, 0.29) is 0 Å². The quantitative estimate of drug-likeness (QED) is 0.0848. The van der Waals surface area contributed by atoms with Crippen molar-refractivity contribution >= 4 is 68.2 Å². The van der Waals surface area contributed by atoms with Crippen LogP contribution in [0.5, 0.6) is 17.2 Å². The number of anilines is 12. The van der Waals surface area contributed by atoms with Gasteiger partial charge < -0.3 is 33.8 Å². The van der Waals surface area contributed by atoms with Crippen LogP contribution in [0.1, 0.15) is 16.7 Å². The highest BCUT2D eigenvalue weighted by molar-refractivity contribution is 5.85. The highest BCUT2D eigenvalue weighted by Crippen LogP contribution is 2.43. The van der Waals surface area contributed by atoms with E-state index in [1.165, 1.54) is 16.7 Å². The van der Waals surface area contributed by atoms with E-state index >= 15 is 0 Å². The van der Waals surface area contributed by atoms with Crippen molar-refractivity contribution in [1.29, 1.82) is 0 Å². The Balaban J connectivity index is 0.785. The van der Waals surface area contributed by atoms with Crippen LogP contribution in [0.2, 0.25) is 0 Å². The molecule has 416 valence electrons. The topological polar surface area (TPSA) is 40.7 Å². The van der Waals surface area contributed by atoms with E-state index in [4.69, 9.17) is 14.2 Å². The van der Waals surface area contributed by atoms with Gasteiger partial charge in [-0.25, -0.2) is 0 Å². The first-order chi connectivity index (χ1) is 41.7. The van der Waals surface area contributed by atoms with Gasteiger partial charge in [0.25, 0.3) is 0 Å². The van der Waals surface area contributed by atoms with E-state index in [0.29, 0.717) is 0 Å². The molecule has 0 N–H and O–H groups in total. The molecule has 12 rings (SSSR count). The Labute approximate surface area is 500 Å². The Hall–Kier alpha value is -10.8. The van der Waals surface area contributed by atoms with Gasteiger partial charge in [0.05, 0.1) is 21.3 Å². The molecule has 0 aromatic heterocycles. The minimum absolute atomic E-state index is 0.807. The van der Waals surface area contributed by atoms with Crippen LogP contribution >= 0.6 is 0 Å². The molecule has 0 radical (unpaired) electrons. The Morgan fingerprint density at radius 2 is 0.282 bits per heavy atom. The summed E-state index contributed by atoms with van der Waals surface area (Å²) >= 11 is 0. The molecule has 0 aliphatic rings. The molecule has 0 saturated heterocycles. The number of methoxy groups -OCH3 is 3. The first-order valence-corrected chi connectivity index (χ1v) is 28.6. The minimum Gasteiger partial charge on any atom is -0.497 e. The third-order valence-corrected chi connectivity index (χ3v) is 15.6. The maximum Gasteiger partial charge on any atom is 0.119 e. The first kappa shape index (κ1) is 54.8. The fourth-order valence-corrected chi connectivity index (χ4v) is 10.9. The zero-order valence-corrected chi connectivity index (χ0v) is 48.7. The Morgan fingerprint density at radius 3 is 0.412 bits per heavy atom. The van der Waals surface area contributed by atoms with Gasteiger partial charge in [-0.05, 0) is 236 Å². The predicted octanol–water partition coefficient (Wildman–Crippen LogP) is 21.5. The van der Waals surface area contributed by atoms with E-state index in [2.05, 4.69) is 295 Å². The second kappa shape index (κ2) is 24.8. The van der Waals surface area contributed by atoms with Crippen LogP contribution in [-0.4, -0.2) is 21.3 Å². The summed E-state index contributed by atoms with van der Waals surface area (Å²) < 4.78 is 16.5. The number of ether oxygens (including phenoxy) is 3. The summed E-state index contributed by atoms with van der Waals surface area (Å²) in [5.74, 6) is 2.46. The number of hydrogen-bond acceptors (Lipinski definition) is 7.